The number of halogens is 1. The Hall–Kier alpha value is -2.36. The summed E-state index contributed by atoms with van der Waals surface area (Å²) in [6.45, 7) is 1.65. The molecule has 18 heavy (non-hydrogen) atoms. The second-order valence-electron chi connectivity index (χ2n) is 4.00. The van der Waals surface area contributed by atoms with Gasteiger partial charge in [0, 0.05) is 0 Å². The molecule has 2 rings (SSSR count). The first-order valence-electron chi connectivity index (χ1n) is 5.32. The Morgan fingerprint density at radius 2 is 1.72 bits per heavy atom. The molecule has 2 aromatic carbocycles. The van der Waals surface area contributed by atoms with Gasteiger partial charge in [-0.15, -0.1) is 0 Å². The first-order chi connectivity index (χ1) is 8.49. The summed E-state index contributed by atoms with van der Waals surface area (Å²) < 4.78 is 13.4. The third-order valence-corrected chi connectivity index (χ3v) is 2.73. The monoisotopic (exact) mass is 246 g/mol. The van der Waals surface area contributed by atoms with Gasteiger partial charge in [-0.05, 0) is 41.8 Å². The molecule has 3 nitrogen and oxygen atoms in total. The topological polar surface area (TPSA) is 57.5 Å². The van der Waals surface area contributed by atoms with E-state index in [1.807, 2.05) is 0 Å². The Morgan fingerprint density at radius 1 is 1.11 bits per heavy atom. The minimum Gasteiger partial charge on any atom is -0.507 e. The molecular formula is C14H11FO3. The summed E-state index contributed by atoms with van der Waals surface area (Å²) >= 11 is 0. The predicted octanol–water partition coefficient (Wildman–Crippen LogP) is 3.20. The van der Waals surface area contributed by atoms with Crippen molar-refractivity contribution >= 4 is 5.97 Å². The number of phenols is 1. The minimum absolute atomic E-state index is 0.200. The Bertz CT molecular complexity index is 620. The van der Waals surface area contributed by atoms with Gasteiger partial charge in [-0.25, -0.2) is 9.18 Å². The fourth-order valence-corrected chi connectivity index (χ4v) is 1.66. The minimum atomic E-state index is -1.22. The van der Waals surface area contributed by atoms with Crippen LogP contribution in [0.4, 0.5) is 4.39 Å². The zero-order valence-electron chi connectivity index (χ0n) is 9.64. The molecule has 0 atom stereocenters. The van der Waals surface area contributed by atoms with Gasteiger partial charge < -0.3 is 10.2 Å². The van der Waals surface area contributed by atoms with Crippen LogP contribution in [0.15, 0.2) is 36.4 Å². The van der Waals surface area contributed by atoms with Crippen molar-refractivity contribution in [1.82, 2.24) is 0 Å². The molecule has 0 aliphatic carbocycles. The van der Waals surface area contributed by atoms with E-state index in [0.29, 0.717) is 16.7 Å². The average Bonchev–Trinajstić information content (AvgIpc) is 2.33. The zero-order chi connectivity index (χ0) is 13.3. The molecule has 0 aliphatic heterocycles. The number of aromatic carboxylic acids is 1. The highest BCUT2D eigenvalue weighted by atomic mass is 19.1. The van der Waals surface area contributed by atoms with Crippen LogP contribution in [0.3, 0.4) is 0 Å². The van der Waals surface area contributed by atoms with Gasteiger partial charge in [-0.2, -0.15) is 0 Å². The van der Waals surface area contributed by atoms with Crippen molar-refractivity contribution in [1.29, 1.82) is 0 Å². The molecule has 2 N–H and O–H groups in total. The third-order valence-electron chi connectivity index (χ3n) is 2.73. The van der Waals surface area contributed by atoms with Gasteiger partial charge in [-0.1, -0.05) is 18.2 Å². The Balaban J connectivity index is 2.54. The van der Waals surface area contributed by atoms with E-state index in [9.17, 15) is 14.3 Å². The fourth-order valence-electron chi connectivity index (χ4n) is 1.66. The third kappa shape index (κ3) is 2.18. The van der Waals surface area contributed by atoms with Crippen LogP contribution < -0.4 is 0 Å². The molecule has 2 aromatic rings. The number of aryl methyl sites for hydroxylation is 1. The number of carboxylic acid groups (broad SMARTS) is 1. The van der Waals surface area contributed by atoms with E-state index in [4.69, 9.17) is 5.11 Å². The van der Waals surface area contributed by atoms with Crippen molar-refractivity contribution in [2.75, 3.05) is 0 Å². The number of hydrogen-bond acceptors (Lipinski definition) is 2. The highest BCUT2D eigenvalue weighted by molar-refractivity contribution is 5.92. The Labute approximate surface area is 103 Å². The van der Waals surface area contributed by atoms with E-state index in [0.717, 1.165) is 0 Å². The van der Waals surface area contributed by atoms with Gasteiger partial charge in [0.25, 0.3) is 0 Å². The van der Waals surface area contributed by atoms with Crippen molar-refractivity contribution in [3.8, 4) is 16.9 Å². The Morgan fingerprint density at radius 3 is 2.33 bits per heavy atom. The van der Waals surface area contributed by atoms with Crippen molar-refractivity contribution in [2.45, 2.75) is 6.92 Å². The molecule has 0 bridgehead atoms. The van der Waals surface area contributed by atoms with Crippen molar-refractivity contribution < 1.29 is 19.4 Å². The van der Waals surface area contributed by atoms with Crippen LogP contribution in [0, 0.1) is 12.7 Å². The quantitative estimate of drug-likeness (QED) is 0.855. The molecular weight excluding hydrogens is 235 g/mol. The largest absolute Gasteiger partial charge is 0.507 e. The van der Waals surface area contributed by atoms with Crippen LogP contribution in [0.2, 0.25) is 0 Å². The first-order valence-corrected chi connectivity index (χ1v) is 5.32. The lowest BCUT2D eigenvalue weighted by Crippen LogP contribution is -1.97. The first kappa shape index (κ1) is 12.1. The van der Waals surface area contributed by atoms with Gasteiger partial charge >= 0.3 is 5.97 Å². The number of rotatable bonds is 2. The van der Waals surface area contributed by atoms with E-state index in [2.05, 4.69) is 0 Å². The molecule has 4 heteroatoms. The van der Waals surface area contributed by atoms with Crippen molar-refractivity contribution in [3.63, 3.8) is 0 Å². The van der Waals surface area contributed by atoms with Gasteiger partial charge in [0.15, 0.2) is 0 Å². The maximum absolute atomic E-state index is 13.4. The normalized spacial score (nSPS) is 10.3. The molecule has 0 saturated carbocycles. The summed E-state index contributed by atoms with van der Waals surface area (Å²) in [5, 5.41) is 18.3. The van der Waals surface area contributed by atoms with Crippen molar-refractivity contribution in [2.24, 2.45) is 0 Å². The van der Waals surface area contributed by atoms with Crippen LogP contribution in [0.25, 0.3) is 11.1 Å². The molecule has 0 radical (unpaired) electrons. The summed E-state index contributed by atoms with van der Waals surface area (Å²) in [6, 6.07) is 8.83. The van der Waals surface area contributed by atoms with Gasteiger partial charge in [0.05, 0.1) is 0 Å². The summed E-state index contributed by atoms with van der Waals surface area (Å²) in [6.07, 6.45) is 0. The predicted molar refractivity (Wildman–Crippen MR) is 65.2 cm³/mol. The number of hydrogen-bond donors (Lipinski definition) is 2. The fraction of sp³-hybridized carbons (Fsp3) is 0.0714. The van der Waals surface area contributed by atoms with Crippen LogP contribution in [0.5, 0.6) is 5.75 Å². The van der Waals surface area contributed by atoms with Crippen LogP contribution >= 0.6 is 0 Å². The number of carbonyl (C=O) groups is 1. The van der Waals surface area contributed by atoms with Crippen LogP contribution in [0.1, 0.15) is 15.9 Å². The highest BCUT2D eigenvalue weighted by Gasteiger charge is 2.11. The van der Waals surface area contributed by atoms with Gasteiger partial charge in [-0.3, -0.25) is 0 Å². The maximum atomic E-state index is 13.4. The number of benzene rings is 2. The Kier molecular flexibility index (Phi) is 3.02. The molecule has 0 aromatic heterocycles. The molecule has 0 fully saturated rings. The summed E-state index contributed by atoms with van der Waals surface area (Å²) in [7, 11) is 0. The summed E-state index contributed by atoms with van der Waals surface area (Å²) in [4.78, 5) is 10.9. The highest BCUT2D eigenvalue weighted by Crippen LogP contribution is 2.27. The molecule has 92 valence electrons. The SMILES string of the molecule is Cc1ccc(-c2ccc(O)c(C(=O)O)c2)cc1F. The van der Waals surface area contributed by atoms with E-state index in [1.54, 1.807) is 25.1 Å². The maximum Gasteiger partial charge on any atom is 0.339 e. The zero-order valence-corrected chi connectivity index (χ0v) is 9.64. The second kappa shape index (κ2) is 4.49. The van der Waals surface area contributed by atoms with E-state index < -0.39 is 5.97 Å². The second-order valence-corrected chi connectivity index (χ2v) is 4.00. The molecule has 0 unspecified atom stereocenters. The average molecular weight is 246 g/mol. The van der Waals surface area contributed by atoms with Crippen molar-refractivity contribution in [3.05, 3.63) is 53.3 Å². The van der Waals surface area contributed by atoms with E-state index in [1.165, 1.54) is 18.2 Å². The lowest BCUT2D eigenvalue weighted by atomic mass is 10.0. The molecule has 0 heterocycles. The van der Waals surface area contributed by atoms with E-state index in [-0.39, 0.29) is 17.1 Å². The smallest absolute Gasteiger partial charge is 0.339 e. The lowest BCUT2D eigenvalue weighted by molar-refractivity contribution is 0.0694. The lowest BCUT2D eigenvalue weighted by Gasteiger charge is -2.06. The van der Waals surface area contributed by atoms with Gasteiger partial charge in [0.2, 0.25) is 0 Å². The van der Waals surface area contributed by atoms with E-state index >= 15 is 0 Å². The van der Waals surface area contributed by atoms with Gasteiger partial charge in [0.1, 0.15) is 17.1 Å². The number of aromatic hydroxyl groups is 1. The number of carboxylic acids is 1. The molecule has 0 aliphatic rings. The van der Waals surface area contributed by atoms with Crippen LogP contribution in [-0.2, 0) is 0 Å². The van der Waals surface area contributed by atoms with Crippen LogP contribution in [-0.4, -0.2) is 16.2 Å². The standard InChI is InChI=1S/C14H11FO3/c1-8-2-3-10(7-12(8)15)9-4-5-13(16)11(6-9)14(17)18/h2-7,16H,1H3,(H,17,18). The summed E-state index contributed by atoms with van der Waals surface area (Å²) in [5.74, 6) is -1.88. The summed E-state index contributed by atoms with van der Waals surface area (Å²) in [5.41, 5.74) is 1.44. The molecule has 0 spiro atoms. The molecule has 0 saturated heterocycles. The molecule has 0 amide bonds.